The first-order valence-electron chi connectivity index (χ1n) is 8.61. The molecule has 0 spiro atoms. The molecule has 0 radical (unpaired) electrons. The van der Waals surface area contributed by atoms with Gasteiger partial charge in [-0.3, -0.25) is 14.3 Å². The molecule has 0 aliphatic carbocycles. The zero-order chi connectivity index (χ0) is 18.1. The Balaban J connectivity index is 1.59. The molecule has 1 atom stereocenters. The van der Waals surface area contributed by atoms with Gasteiger partial charge in [-0.15, -0.1) is 0 Å². The lowest BCUT2D eigenvalue weighted by Crippen LogP contribution is -2.50. The molecular weight excluding hydrogens is 336 g/mol. The number of aromatic nitrogens is 2. The van der Waals surface area contributed by atoms with E-state index in [4.69, 9.17) is 4.74 Å². The van der Waals surface area contributed by atoms with Gasteiger partial charge in [-0.2, -0.15) is 5.10 Å². The van der Waals surface area contributed by atoms with Gasteiger partial charge in [0.2, 0.25) is 5.91 Å². The van der Waals surface area contributed by atoms with Crippen LogP contribution in [-0.2, 0) is 16.1 Å². The van der Waals surface area contributed by atoms with Crippen LogP contribution in [0.4, 0.5) is 0 Å². The monoisotopic (exact) mass is 356 g/mol. The Morgan fingerprint density at radius 2 is 1.96 bits per heavy atom. The molecule has 0 bridgehead atoms. The first-order chi connectivity index (χ1) is 12.6. The van der Waals surface area contributed by atoms with Crippen molar-refractivity contribution >= 4 is 11.8 Å². The largest absolute Gasteiger partial charge is 0.508 e. The summed E-state index contributed by atoms with van der Waals surface area (Å²) < 4.78 is 7.03. The number of fused-ring (bicyclic) bond motifs is 1. The van der Waals surface area contributed by atoms with Crippen LogP contribution in [0.5, 0.6) is 5.75 Å². The van der Waals surface area contributed by atoms with E-state index in [0.717, 1.165) is 5.69 Å². The van der Waals surface area contributed by atoms with Crippen molar-refractivity contribution in [1.82, 2.24) is 19.6 Å². The fraction of sp³-hybridized carbons (Fsp3) is 0.389. The molecule has 8 heteroatoms. The molecule has 136 valence electrons. The molecule has 1 saturated heterocycles. The van der Waals surface area contributed by atoms with E-state index in [-0.39, 0.29) is 24.1 Å². The summed E-state index contributed by atoms with van der Waals surface area (Å²) in [6.07, 6.45) is 1.65. The summed E-state index contributed by atoms with van der Waals surface area (Å²) in [6.45, 7) is 2.77. The number of benzene rings is 1. The zero-order valence-corrected chi connectivity index (χ0v) is 14.2. The topological polar surface area (TPSA) is 87.9 Å². The van der Waals surface area contributed by atoms with Crippen molar-refractivity contribution < 1.29 is 19.4 Å². The van der Waals surface area contributed by atoms with E-state index in [9.17, 15) is 14.7 Å². The fourth-order valence-corrected chi connectivity index (χ4v) is 3.45. The van der Waals surface area contributed by atoms with Crippen LogP contribution in [0.3, 0.4) is 0 Å². The molecule has 0 unspecified atom stereocenters. The van der Waals surface area contributed by atoms with Gasteiger partial charge in [0, 0.05) is 24.8 Å². The minimum absolute atomic E-state index is 0.0406. The standard InChI is InChI=1S/C18H20N4O4/c23-15-3-1-2-13(10-15)17(24)21-11-14-4-5-19-22(14)16(12-21)18(25)20-6-8-26-9-7-20/h1-5,10,16,23H,6-9,11-12H2/t16-/m0/s1. The van der Waals surface area contributed by atoms with Crippen LogP contribution in [0.1, 0.15) is 22.1 Å². The van der Waals surface area contributed by atoms with Crippen LogP contribution in [0, 0.1) is 0 Å². The molecule has 4 rings (SSSR count). The smallest absolute Gasteiger partial charge is 0.254 e. The van der Waals surface area contributed by atoms with Gasteiger partial charge in [0.1, 0.15) is 11.8 Å². The second kappa shape index (κ2) is 6.80. The number of amides is 2. The van der Waals surface area contributed by atoms with E-state index in [1.54, 1.807) is 32.8 Å². The fourth-order valence-electron chi connectivity index (χ4n) is 3.45. The lowest BCUT2D eigenvalue weighted by molar-refractivity contribution is -0.140. The number of ether oxygens (including phenoxy) is 1. The summed E-state index contributed by atoms with van der Waals surface area (Å²) in [4.78, 5) is 29.3. The Labute approximate surface area is 150 Å². The Morgan fingerprint density at radius 3 is 2.73 bits per heavy atom. The normalized spacial score (nSPS) is 19.9. The van der Waals surface area contributed by atoms with E-state index >= 15 is 0 Å². The maximum Gasteiger partial charge on any atom is 0.254 e. The molecule has 2 aliphatic heterocycles. The van der Waals surface area contributed by atoms with Crippen molar-refractivity contribution in [2.75, 3.05) is 32.8 Å². The Hall–Kier alpha value is -2.87. The van der Waals surface area contributed by atoms with Gasteiger partial charge < -0.3 is 19.6 Å². The van der Waals surface area contributed by atoms with Gasteiger partial charge in [-0.1, -0.05) is 6.07 Å². The predicted molar refractivity (Wildman–Crippen MR) is 91.5 cm³/mol. The van der Waals surface area contributed by atoms with E-state index in [1.165, 1.54) is 12.1 Å². The number of carbonyl (C=O) groups is 2. The minimum atomic E-state index is -0.548. The Kier molecular flexibility index (Phi) is 4.34. The van der Waals surface area contributed by atoms with Crippen molar-refractivity contribution in [2.45, 2.75) is 12.6 Å². The molecule has 26 heavy (non-hydrogen) atoms. The number of nitrogens with zero attached hydrogens (tertiary/aromatic N) is 4. The first kappa shape index (κ1) is 16.6. The SMILES string of the molecule is O=C(c1cccc(O)c1)N1Cc2ccnn2[C@H](C(=O)N2CCOCC2)C1. The molecule has 3 heterocycles. The van der Waals surface area contributed by atoms with Gasteiger partial charge in [-0.25, -0.2) is 0 Å². The van der Waals surface area contributed by atoms with Gasteiger partial charge in [0.05, 0.1) is 32.0 Å². The van der Waals surface area contributed by atoms with Crippen LogP contribution < -0.4 is 0 Å². The average Bonchev–Trinajstić information content (AvgIpc) is 3.15. The van der Waals surface area contributed by atoms with Gasteiger partial charge in [0.25, 0.3) is 5.91 Å². The van der Waals surface area contributed by atoms with Crippen molar-refractivity contribution in [2.24, 2.45) is 0 Å². The third kappa shape index (κ3) is 3.03. The molecule has 8 nitrogen and oxygen atoms in total. The number of rotatable bonds is 2. The highest BCUT2D eigenvalue weighted by Gasteiger charge is 2.36. The lowest BCUT2D eigenvalue weighted by atomic mass is 10.1. The first-order valence-corrected chi connectivity index (χ1v) is 8.61. The number of morpholine rings is 1. The molecule has 2 aromatic rings. The van der Waals surface area contributed by atoms with E-state index in [2.05, 4.69) is 5.10 Å². The summed E-state index contributed by atoms with van der Waals surface area (Å²) in [7, 11) is 0. The Bertz CT molecular complexity index is 828. The second-order valence-corrected chi connectivity index (χ2v) is 6.46. The number of phenols is 1. The maximum absolute atomic E-state index is 13.0. The summed E-state index contributed by atoms with van der Waals surface area (Å²) in [5.41, 5.74) is 1.21. The van der Waals surface area contributed by atoms with Gasteiger partial charge >= 0.3 is 0 Å². The maximum atomic E-state index is 13.0. The minimum Gasteiger partial charge on any atom is -0.508 e. The van der Waals surface area contributed by atoms with E-state index in [1.807, 2.05) is 6.07 Å². The van der Waals surface area contributed by atoms with Crippen LogP contribution in [0.25, 0.3) is 0 Å². The van der Waals surface area contributed by atoms with E-state index in [0.29, 0.717) is 38.4 Å². The number of hydrogen-bond acceptors (Lipinski definition) is 5. The van der Waals surface area contributed by atoms with Crippen molar-refractivity contribution in [3.8, 4) is 5.75 Å². The summed E-state index contributed by atoms with van der Waals surface area (Å²) in [6, 6.07) is 7.52. The second-order valence-electron chi connectivity index (χ2n) is 6.46. The van der Waals surface area contributed by atoms with Crippen LogP contribution in [0.2, 0.25) is 0 Å². The lowest BCUT2D eigenvalue weighted by Gasteiger charge is -2.36. The molecule has 1 aromatic carbocycles. The van der Waals surface area contributed by atoms with Crippen molar-refractivity contribution in [3.63, 3.8) is 0 Å². The predicted octanol–water partition coefficient (Wildman–Crippen LogP) is 0.645. The van der Waals surface area contributed by atoms with E-state index < -0.39 is 6.04 Å². The number of aromatic hydroxyl groups is 1. The Morgan fingerprint density at radius 1 is 1.15 bits per heavy atom. The highest BCUT2D eigenvalue weighted by molar-refractivity contribution is 5.95. The highest BCUT2D eigenvalue weighted by atomic mass is 16.5. The summed E-state index contributed by atoms with van der Waals surface area (Å²) >= 11 is 0. The average molecular weight is 356 g/mol. The summed E-state index contributed by atoms with van der Waals surface area (Å²) in [5.74, 6) is -0.223. The third-order valence-corrected chi connectivity index (χ3v) is 4.78. The van der Waals surface area contributed by atoms with Crippen LogP contribution in [0.15, 0.2) is 36.5 Å². The third-order valence-electron chi connectivity index (χ3n) is 4.78. The highest BCUT2D eigenvalue weighted by Crippen LogP contribution is 2.25. The number of carbonyl (C=O) groups excluding carboxylic acids is 2. The van der Waals surface area contributed by atoms with Crippen LogP contribution >= 0.6 is 0 Å². The van der Waals surface area contributed by atoms with Crippen molar-refractivity contribution in [3.05, 3.63) is 47.8 Å². The molecule has 2 amide bonds. The summed E-state index contributed by atoms with van der Waals surface area (Å²) in [5, 5.41) is 13.9. The van der Waals surface area contributed by atoms with Crippen molar-refractivity contribution in [1.29, 1.82) is 0 Å². The van der Waals surface area contributed by atoms with Gasteiger partial charge in [0.15, 0.2) is 0 Å². The molecule has 1 N–H and O–H groups in total. The quantitative estimate of drug-likeness (QED) is 0.853. The molecule has 1 aromatic heterocycles. The van der Waals surface area contributed by atoms with Crippen LogP contribution in [-0.4, -0.2) is 69.3 Å². The molecule has 1 fully saturated rings. The molecular formula is C18H20N4O4. The number of hydrogen-bond donors (Lipinski definition) is 1. The molecule has 2 aliphatic rings. The molecule has 0 saturated carbocycles. The zero-order valence-electron chi connectivity index (χ0n) is 14.2. The number of phenolic OH excluding ortho intramolecular Hbond substituents is 1. The van der Waals surface area contributed by atoms with Gasteiger partial charge in [-0.05, 0) is 24.3 Å².